The molecule has 0 spiro atoms. The summed E-state index contributed by atoms with van der Waals surface area (Å²) in [7, 11) is 6.99. The minimum absolute atomic E-state index is 0.645. The van der Waals surface area contributed by atoms with Gasteiger partial charge in [0.1, 0.15) is 0 Å². The van der Waals surface area contributed by atoms with Crippen molar-refractivity contribution >= 4 is 10.9 Å². The van der Waals surface area contributed by atoms with Crippen molar-refractivity contribution in [2.24, 2.45) is 7.05 Å². The second-order valence-electron chi connectivity index (χ2n) is 4.52. The molecule has 0 bridgehead atoms. The van der Waals surface area contributed by atoms with Crippen molar-refractivity contribution in [1.29, 1.82) is 0 Å². The van der Waals surface area contributed by atoms with Crippen molar-refractivity contribution in [3.63, 3.8) is 0 Å². The Morgan fingerprint density at radius 1 is 1.00 bits per heavy atom. The van der Waals surface area contributed by atoms with Gasteiger partial charge in [-0.3, -0.25) is 0 Å². The molecule has 0 N–H and O–H groups in total. The summed E-state index contributed by atoms with van der Waals surface area (Å²) < 4.78 is 18.5. The zero-order valence-electron chi connectivity index (χ0n) is 12.2. The van der Waals surface area contributed by atoms with Crippen LogP contribution in [-0.4, -0.2) is 25.9 Å². The summed E-state index contributed by atoms with van der Waals surface area (Å²) in [6.07, 6.45) is 2.15. The fourth-order valence-electron chi connectivity index (χ4n) is 2.50. The molecule has 104 valence electrons. The fraction of sp³-hybridized carbons (Fsp3) is 0.467. The number of fused-ring (bicyclic) bond motifs is 1. The number of methoxy groups -OCH3 is 3. The van der Waals surface area contributed by atoms with E-state index in [0.29, 0.717) is 11.5 Å². The van der Waals surface area contributed by atoms with E-state index < -0.39 is 0 Å². The van der Waals surface area contributed by atoms with Gasteiger partial charge in [-0.25, -0.2) is 0 Å². The molecule has 19 heavy (non-hydrogen) atoms. The van der Waals surface area contributed by atoms with Crippen molar-refractivity contribution in [3.05, 3.63) is 17.8 Å². The van der Waals surface area contributed by atoms with Gasteiger partial charge in [0.15, 0.2) is 11.5 Å². The molecular weight excluding hydrogens is 242 g/mol. The first-order valence-corrected chi connectivity index (χ1v) is 6.45. The second kappa shape index (κ2) is 5.43. The molecule has 0 fully saturated rings. The van der Waals surface area contributed by atoms with Crippen LogP contribution in [0.15, 0.2) is 12.1 Å². The Labute approximate surface area is 113 Å². The van der Waals surface area contributed by atoms with Crippen LogP contribution in [0.3, 0.4) is 0 Å². The highest BCUT2D eigenvalue weighted by molar-refractivity contribution is 5.92. The van der Waals surface area contributed by atoms with Crippen LogP contribution in [0.2, 0.25) is 0 Å². The van der Waals surface area contributed by atoms with Gasteiger partial charge in [-0.15, -0.1) is 0 Å². The van der Waals surface area contributed by atoms with Gasteiger partial charge in [-0.2, -0.15) is 0 Å². The molecule has 0 radical (unpaired) electrons. The van der Waals surface area contributed by atoms with Crippen LogP contribution < -0.4 is 14.2 Å². The van der Waals surface area contributed by atoms with Crippen LogP contribution in [0.1, 0.15) is 19.0 Å². The van der Waals surface area contributed by atoms with Gasteiger partial charge in [0.05, 0.1) is 26.8 Å². The van der Waals surface area contributed by atoms with Gasteiger partial charge in [0.25, 0.3) is 0 Å². The Morgan fingerprint density at radius 3 is 2.21 bits per heavy atom. The Morgan fingerprint density at radius 2 is 1.68 bits per heavy atom. The SMILES string of the molecule is CCCc1cc2c(OC)c(OC)c(OC)cc2n1C. The quantitative estimate of drug-likeness (QED) is 0.830. The lowest BCUT2D eigenvalue weighted by Crippen LogP contribution is -1.97. The summed E-state index contributed by atoms with van der Waals surface area (Å²) in [5, 5.41) is 1.06. The van der Waals surface area contributed by atoms with Crippen LogP contribution in [0, 0.1) is 0 Å². The molecule has 1 heterocycles. The molecule has 0 amide bonds. The minimum Gasteiger partial charge on any atom is -0.493 e. The zero-order chi connectivity index (χ0) is 14.0. The average Bonchev–Trinajstić information content (AvgIpc) is 2.74. The molecule has 0 saturated carbocycles. The first kappa shape index (κ1) is 13.6. The third-order valence-corrected chi connectivity index (χ3v) is 3.46. The van der Waals surface area contributed by atoms with Crippen LogP contribution >= 0.6 is 0 Å². The number of nitrogens with zero attached hydrogens (tertiary/aromatic N) is 1. The highest BCUT2D eigenvalue weighted by atomic mass is 16.5. The fourth-order valence-corrected chi connectivity index (χ4v) is 2.50. The second-order valence-corrected chi connectivity index (χ2v) is 4.52. The number of benzene rings is 1. The molecule has 0 saturated heterocycles. The molecule has 0 aliphatic rings. The van der Waals surface area contributed by atoms with Gasteiger partial charge < -0.3 is 18.8 Å². The minimum atomic E-state index is 0.645. The Bertz CT molecular complexity index is 587. The van der Waals surface area contributed by atoms with Crippen molar-refractivity contribution in [2.75, 3.05) is 21.3 Å². The van der Waals surface area contributed by atoms with E-state index in [4.69, 9.17) is 14.2 Å². The lowest BCUT2D eigenvalue weighted by atomic mass is 10.2. The van der Waals surface area contributed by atoms with Crippen molar-refractivity contribution in [1.82, 2.24) is 4.57 Å². The van der Waals surface area contributed by atoms with Crippen molar-refractivity contribution in [2.45, 2.75) is 19.8 Å². The number of ether oxygens (including phenoxy) is 3. The van der Waals surface area contributed by atoms with Gasteiger partial charge >= 0.3 is 0 Å². The molecule has 2 aromatic rings. The maximum absolute atomic E-state index is 5.52. The standard InChI is InChI=1S/C15H21NO3/c1-6-7-10-8-11-12(16(10)2)9-13(17-3)15(19-5)14(11)18-4/h8-9H,6-7H2,1-5H3. The molecule has 2 rings (SSSR count). The van der Waals surface area contributed by atoms with Crippen LogP contribution in [0.25, 0.3) is 10.9 Å². The molecule has 0 unspecified atom stereocenters. The number of hydrogen-bond donors (Lipinski definition) is 0. The molecule has 0 aliphatic carbocycles. The van der Waals surface area contributed by atoms with Gasteiger partial charge in [0.2, 0.25) is 5.75 Å². The number of aryl methyl sites for hydroxylation is 2. The van der Waals surface area contributed by atoms with E-state index in [9.17, 15) is 0 Å². The Kier molecular flexibility index (Phi) is 3.88. The number of hydrogen-bond acceptors (Lipinski definition) is 3. The first-order chi connectivity index (χ1) is 9.17. The predicted molar refractivity (Wildman–Crippen MR) is 76.6 cm³/mol. The zero-order valence-corrected chi connectivity index (χ0v) is 12.2. The maximum atomic E-state index is 5.52. The van der Waals surface area contributed by atoms with E-state index in [0.717, 1.165) is 29.5 Å². The number of aromatic nitrogens is 1. The maximum Gasteiger partial charge on any atom is 0.204 e. The van der Waals surface area contributed by atoms with Crippen molar-refractivity contribution in [3.8, 4) is 17.2 Å². The van der Waals surface area contributed by atoms with Crippen molar-refractivity contribution < 1.29 is 14.2 Å². The summed E-state index contributed by atoms with van der Waals surface area (Å²) in [6, 6.07) is 4.16. The van der Waals surface area contributed by atoms with Gasteiger partial charge in [-0.1, -0.05) is 13.3 Å². The highest BCUT2D eigenvalue weighted by Gasteiger charge is 2.19. The summed E-state index contributed by atoms with van der Waals surface area (Å²) in [5.74, 6) is 2.07. The molecular formula is C15H21NO3. The van der Waals surface area contributed by atoms with Crippen LogP contribution in [0.5, 0.6) is 17.2 Å². The lowest BCUT2D eigenvalue weighted by Gasteiger charge is -2.13. The average molecular weight is 263 g/mol. The number of rotatable bonds is 5. The Balaban J connectivity index is 2.77. The molecule has 0 aliphatic heterocycles. The summed E-state index contributed by atoms with van der Waals surface area (Å²) >= 11 is 0. The van der Waals surface area contributed by atoms with E-state index in [1.807, 2.05) is 6.07 Å². The van der Waals surface area contributed by atoms with E-state index in [2.05, 4.69) is 24.6 Å². The summed E-state index contributed by atoms with van der Waals surface area (Å²) in [6.45, 7) is 2.18. The van der Waals surface area contributed by atoms with Crippen LogP contribution in [-0.2, 0) is 13.5 Å². The van der Waals surface area contributed by atoms with E-state index >= 15 is 0 Å². The largest absolute Gasteiger partial charge is 0.493 e. The topological polar surface area (TPSA) is 32.6 Å². The Hall–Kier alpha value is -1.84. The third kappa shape index (κ3) is 2.11. The summed E-state index contributed by atoms with van der Waals surface area (Å²) in [4.78, 5) is 0. The van der Waals surface area contributed by atoms with Crippen LogP contribution in [0.4, 0.5) is 0 Å². The molecule has 4 heteroatoms. The molecule has 4 nitrogen and oxygen atoms in total. The molecule has 0 atom stereocenters. The van der Waals surface area contributed by atoms with Gasteiger partial charge in [-0.05, 0) is 12.5 Å². The monoisotopic (exact) mass is 263 g/mol. The summed E-state index contributed by atoms with van der Waals surface area (Å²) in [5.41, 5.74) is 2.38. The van der Waals surface area contributed by atoms with Gasteiger partial charge in [0, 0.05) is 24.2 Å². The van der Waals surface area contributed by atoms with E-state index in [-0.39, 0.29) is 0 Å². The smallest absolute Gasteiger partial charge is 0.204 e. The lowest BCUT2D eigenvalue weighted by molar-refractivity contribution is 0.327. The highest BCUT2D eigenvalue weighted by Crippen LogP contribution is 2.44. The van der Waals surface area contributed by atoms with E-state index in [1.54, 1.807) is 21.3 Å². The van der Waals surface area contributed by atoms with E-state index in [1.165, 1.54) is 5.69 Å². The molecule has 1 aromatic carbocycles. The normalized spacial score (nSPS) is 10.8. The predicted octanol–water partition coefficient (Wildman–Crippen LogP) is 3.16. The molecule has 1 aromatic heterocycles. The third-order valence-electron chi connectivity index (χ3n) is 3.46. The first-order valence-electron chi connectivity index (χ1n) is 6.45.